The predicted molar refractivity (Wildman–Crippen MR) is 42.9 cm³/mol. The third-order valence-corrected chi connectivity index (χ3v) is 1.65. The minimum atomic E-state index is -1.91. The molecule has 0 aromatic carbocycles. The Kier molecular flexibility index (Phi) is 6.96. The molecule has 0 saturated carbocycles. The van der Waals surface area contributed by atoms with Gasteiger partial charge in [0.2, 0.25) is 0 Å². The van der Waals surface area contributed by atoms with Crippen LogP contribution in [0.5, 0.6) is 0 Å². The monoisotopic (exact) mass is 178 g/mol. The van der Waals surface area contributed by atoms with Crippen molar-refractivity contribution in [3.8, 4) is 0 Å². The maximum atomic E-state index is 9.97. The minimum Gasteiger partial charge on any atom is -0.772 e. The van der Waals surface area contributed by atoms with Gasteiger partial charge < -0.3 is 4.55 Å². The average Bonchev–Trinajstić information content (AvgIpc) is 1.87. The van der Waals surface area contributed by atoms with Crippen molar-refractivity contribution in [3.05, 3.63) is 0 Å². The highest BCUT2D eigenvalue weighted by molar-refractivity contribution is 7.79. The van der Waals surface area contributed by atoms with Gasteiger partial charge in [0.1, 0.15) is 0 Å². The number of aliphatic imine (C=N–C) groups is 1. The van der Waals surface area contributed by atoms with E-state index in [0.717, 1.165) is 6.42 Å². The molecule has 0 bridgehead atoms. The molecule has 0 aliphatic rings. The van der Waals surface area contributed by atoms with Crippen molar-refractivity contribution in [3.63, 3.8) is 0 Å². The first kappa shape index (κ1) is 9.91. The van der Waals surface area contributed by atoms with Gasteiger partial charge in [-0.05, 0) is 25.1 Å². The predicted octanol–water partition coefficient (Wildman–Crippen LogP) is 0.749. The van der Waals surface area contributed by atoms with Crippen LogP contribution in [0.1, 0.15) is 12.8 Å². The molecular weight excluding hydrogens is 170 g/mol. The molecule has 3 nitrogen and oxygen atoms in total. The van der Waals surface area contributed by atoms with Gasteiger partial charge in [0.15, 0.2) is 0 Å². The zero-order valence-corrected chi connectivity index (χ0v) is 7.04. The fourth-order valence-corrected chi connectivity index (χ4v) is 0.988. The smallest absolute Gasteiger partial charge is 0.0584 e. The first-order valence-electron chi connectivity index (χ1n) is 2.87. The lowest BCUT2D eigenvalue weighted by Gasteiger charge is -2.01. The van der Waals surface area contributed by atoms with Crippen molar-refractivity contribution in [1.29, 1.82) is 0 Å². The van der Waals surface area contributed by atoms with Crippen LogP contribution in [0.3, 0.4) is 0 Å². The molecule has 1 atom stereocenters. The molecule has 0 amide bonds. The molecule has 5 heteroatoms. The Hall–Kier alpha value is -0.0900. The van der Waals surface area contributed by atoms with E-state index in [1.165, 1.54) is 0 Å². The summed E-state index contributed by atoms with van der Waals surface area (Å²) in [6.45, 7) is 0.584. The normalized spacial score (nSPS) is 12.1. The van der Waals surface area contributed by atoms with Crippen molar-refractivity contribution in [2.24, 2.45) is 4.99 Å². The van der Waals surface area contributed by atoms with Crippen molar-refractivity contribution in [1.82, 2.24) is 0 Å². The van der Waals surface area contributed by atoms with E-state index in [4.69, 9.17) is 0 Å². The van der Waals surface area contributed by atoms with Crippen LogP contribution in [-0.2, 0) is 11.1 Å². The van der Waals surface area contributed by atoms with Crippen LogP contribution in [-0.4, -0.2) is 26.2 Å². The van der Waals surface area contributed by atoms with Gasteiger partial charge in [0, 0.05) is 12.3 Å². The lowest BCUT2D eigenvalue weighted by molar-refractivity contribution is 0.534. The minimum absolute atomic E-state index is 0.215. The summed E-state index contributed by atoms with van der Waals surface area (Å²) in [6, 6.07) is 0. The Balaban J connectivity index is 3.05. The summed E-state index contributed by atoms with van der Waals surface area (Å²) < 4.78 is 19.9. The molecule has 0 radical (unpaired) electrons. The summed E-state index contributed by atoms with van der Waals surface area (Å²) in [4.78, 5) is 3.63. The highest BCUT2D eigenvalue weighted by Gasteiger charge is 1.85. The molecule has 0 aliphatic heterocycles. The van der Waals surface area contributed by atoms with Gasteiger partial charge in [0.05, 0.1) is 5.16 Å². The average molecular weight is 178 g/mol. The molecule has 0 aliphatic carbocycles. The van der Waals surface area contributed by atoms with Crippen LogP contribution in [0.25, 0.3) is 0 Å². The SMILES string of the molecule is O=S([O-])CCCCN=C=S. The van der Waals surface area contributed by atoms with Crippen molar-refractivity contribution < 1.29 is 8.76 Å². The highest BCUT2D eigenvalue weighted by Crippen LogP contribution is 1.90. The first-order valence-corrected chi connectivity index (χ1v) is 4.52. The van der Waals surface area contributed by atoms with Gasteiger partial charge >= 0.3 is 0 Å². The topological polar surface area (TPSA) is 52.5 Å². The molecule has 1 unspecified atom stereocenters. The van der Waals surface area contributed by atoms with Gasteiger partial charge in [0.25, 0.3) is 0 Å². The number of hydrogen-bond donors (Lipinski definition) is 0. The van der Waals surface area contributed by atoms with E-state index >= 15 is 0 Å². The second kappa shape index (κ2) is 7.02. The van der Waals surface area contributed by atoms with Gasteiger partial charge in [-0.3, -0.25) is 4.21 Å². The van der Waals surface area contributed by atoms with E-state index in [-0.39, 0.29) is 5.75 Å². The maximum Gasteiger partial charge on any atom is 0.0584 e. The second-order valence-corrected chi connectivity index (χ2v) is 2.89. The van der Waals surface area contributed by atoms with Gasteiger partial charge in [-0.25, -0.2) is 4.99 Å². The van der Waals surface area contributed by atoms with E-state index in [1.54, 1.807) is 0 Å². The first-order chi connectivity index (χ1) is 4.77. The maximum absolute atomic E-state index is 9.97. The molecular formula is C5H8NO2S2-. The zero-order valence-electron chi connectivity index (χ0n) is 5.41. The van der Waals surface area contributed by atoms with Crippen molar-refractivity contribution in [2.45, 2.75) is 12.8 Å². The Bertz CT molecular complexity index is 150. The number of isothiocyanates is 1. The molecule has 0 N–H and O–H groups in total. The van der Waals surface area contributed by atoms with Crippen LogP contribution >= 0.6 is 12.2 Å². The fraction of sp³-hybridized carbons (Fsp3) is 0.800. The Morgan fingerprint density at radius 3 is 2.80 bits per heavy atom. The van der Waals surface area contributed by atoms with E-state index in [2.05, 4.69) is 22.4 Å². The van der Waals surface area contributed by atoms with Gasteiger partial charge in [-0.2, -0.15) is 0 Å². The van der Waals surface area contributed by atoms with Crippen LogP contribution in [0.15, 0.2) is 4.99 Å². The fourth-order valence-electron chi connectivity index (χ4n) is 0.456. The van der Waals surface area contributed by atoms with Crippen molar-refractivity contribution in [2.75, 3.05) is 12.3 Å². The zero-order chi connectivity index (χ0) is 7.82. The summed E-state index contributed by atoms with van der Waals surface area (Å²) >= 11 is 2.41. The van der Waals surface area contributed by atoms with Gasteiger partial charge in [-0.1, -0.05) is 11.1 Å². The number of thiocarbonyl (C=S) groups is 1. The Morgan fingerprint density at radius 2 is 2.30 bits per heavy atom. The molecule has 58 valence electrons. The van der Waals surface area contributed by atoms with E-state index in [0.29, 0.717) is 13.0 Å². The second-order valence-electron chi connectivity index (χ2n) is 1.69. The van der Waals surface area contributed by atoms with Crippen molar-refractivity contribution >= 4 is 28.5 Å². The summed E-state index contributed by atoms with van der Waals surface area (Å²) in [7, 11) is 0. The van der Waals surface area contributed by atoms with Gasteiger partial charge in [-0.15, -0.1) is 0 Å². The molecule has 0 saturated heterocycles. The third-order valence-electron chi connectivity index (χ3n) is 0.895. The molecule has 0 heterocycles. The summed E-state index contributed by atoms with van der Waals surface area (Å²) in [5.41, 5.74) is 0. The summed E-state index contributed by atoms with van der Waals surface area (Å²) in [5, 5.41) is 2.21. The molecule has 10 heavy (non-hydrogen) atoms. The van der Waals surface area contributed by atoms with E-state index < -0.39 is 11.1 Å². The lowest BCUT2D eigenvalue weighted by atomic mass is 10.3. The van der Waals surface area contributed by atoms with Crippen LogP contribution in [0.4, 0.5) is 0 Å². The molecule has 0 aromatic rings. The van der Waals surface area contributed by atoms with Crippen LogP contribution in [0, 0.1) is 0 Å². The summed E-state index contributed by atoms with van der Waals surface area (Å²) in [6.07, 6.45) is 1.41. The number of hydrogen-bond acceptors (Lipinski definition) is 4. The van der Waals surface area contributed by atoms with E-state index in [1.807, 2.05) is 0 Å². The quantitative estimate of drug-likeness (QED) is 0.270. The van der Waals surface area contributed by atoms with Crippen LogP contribution < -0.4 is 0 Å². The molecule has 0 spiro atoms. The lowest BCUT2D eigenvalue weighted by Crippen LogP contribution is -1.95. The van der Waals surface area contributed by atoms with Crippen LogP contribution in [0.2, 0.25) is 0 Å². The number of nitrogens with zero attached hydrogens (tertiary/aromatic N) is 1. The summed E-state index contributed by atoms with van der Waals surface area (Å²) in [5.74, 6) is 0.215. The van der Waals surface area contributed by atoms with E-state index in [9.17, 15) is 8.76 Å². The molecule has 0 aromatic heterocycles. The largest absolute Gasteiger partial charge is 0.772 e. The highest BCUT2D eigenvalue weighted by atomic mass is 32.2. The number of unbranched alkanes of at least 4 members (excludes halogenated alkanes) is 1. The Morgan fingerprint density at radius 1 is 1.60 bits per heavy atom. The third kappa shape index (κ3) is 7.91. The number of rotatable bonds is 5. The standard InChI is InChI=1S/C5H9NO2S2/c7-10(8)4-2-1-3-6-5-9/h1-4H2,(H,7,8)/p-1. The Labute approximate surface area is 67.8 Å². The molecule has 0 rings (SSSR count). The molecule has 0 fully saturated rings.